The number of nitrogens with one attached hydrogen (secondary N) is 1. The molecule has 1 aliphatic rings. The minimum atomic E-state index is -0.515. The zero-order valence-electron chi connectivity index (χ0n) is 12.8. The van der Waals surface area contributed by atoms with Crippen molar-refractivity contribution in [2.45, 2.75) is 25.4 Å². The van der Waals surface area contributed by atoms with Crippen molar-refractivity contribution >= 4 is 35.1 Å². The van der Waals surface area contributed by atoms with E-state index in [9.17, 15) is 9.59 Å². The summed E-state index contributed by atoms with van der Waals surface area (Å²) in [5.41, 5.74) is 1.71. The van der Waals surface area contributed by atoms with Gasteiger partial charge in [-0.05, 0) is 30.5 Å². The summed E-state index contributed by atoms with van der Waals surface area (Å²) < 4.78 is 0. The van der Waals surface area contributed by atoms with Crippen molar-refractivity contribution in [1.82, 2.24) is 10.2 Å². The number of hydrogen-bond donors (Lipinski definition) is 1. The first-order chi connectivity index (χ1) is 11.6. The van der Waals surface area contributed by atoms with Crippen LogP contribution in [0.5, 0.6) is 0 Å². The van der Waals surface area contributed by atoms with Crippen LogP contribution in [0.15, 0.2) is 48.5 Å². The van der Waals surface area contributed by atoms with Gasteiger partial charge in [-0.15, -0.1) is 0 Å². The van der Waals surface area contributed by atoms with Crippen LogP contribution in [-0.2, 0) is 17.8 Å². The zero-order valence-corrected chi connectivity index (χ0v) is 14.3. The highest BCUT2D eigenvalue weighted by Gasteiger charge is 2.38. The number of carbonyl (C=O) groups is 2. The molecule has 6 heteroatoms. The van der Waals surface area contributed by atoms with E-state index in [0.29, 0.717) is 22.0 Å². The molecule has 0 radical (unpaired) electrons. The Morgan fingerprint density at radius 2 is 1.62 bits per heavy atom. The van der Waals surface area contributed by atoms with Crippen LogP contribution in [0, 0.1) is 0 Å². The maximum Gasteiger partial charge on any atom is 0.325 e. The molecule has 3 rings (SSSR count). The maximum atomic E-state index is 12.5. The van der Waals surface area contributed by atoms with Gasteiger partial charge >= 0.3 is 6.03 Å². The summed E-state index contributed by atoms with van der Waals surface area (Å²) in [5, 5.41) is 3.62. The van der Waals surface area contributed by atoms with E-state index in [1.54, 1.807) is 18.2 Å². The number of halogens is 2. The molecular weight excluding hydrogens is 347 g/mol. The first kappa shape index (κ1) is 16.8. The lowest BCUT2D eigenvalue weighted by atomic mass is 10.1. The van der Waals surface area contributed by atoms with E-state index >= 15 is 0 Å². The Labute approximate surface area is 150 Å². The summed E-state index contributed by atoms with van der Waals surface area (Å²) in [4.78, 5) is 25.8. The number of hydrogen-bond acceptors (Lipinski definition) is 2. The Balaban J connectivity index is 1.68. The molecule has 1 N–H and O–H groups in total. The van der Waals surface area contributed by atoms with Crippen LogP contribution in [-0.4, -0.2) is 22.9 Å². The van der Waals surface area contributed by atoms with Gasteiger partial charge in [0.1, 0.15) is 6.04 Å². The molecule has 124 valence electrons. The van der Waals surface area contributed by atoms with E-state index in [1.807, 2.05) is 30.3 Å². The lowest BCUT2D eigenvalue weighted by molar-refractivity contribution is -0.128. The molecule has 1 aliphatic heterocycles. The van der Waals surface area contributed by atoms with E-state index in [0.717, 1.165) is 12.0 Å². The van der Waals surface area contributed by atoms with Crippen LogP contribution in [0.25, 0.3) is 0 Å². The molecule has 0 spiro atoms. The summed E-state index contributed by atoms with van der Waals surface area (Å²) in [6.07, 6.45) is 1.28. The van der Waals surface area contributed by atoms with Gasteiger partial charge in [-0.25, -0.2) is 4.79 Å². The molecule has 24 heavy (non-hydrogen) atoms. The van der Waals surface area contributed by atoms with E-state index in [-0.39, 0.29) is 12.5 Å². The topological polar surface area (TPSA) is 49.4 Å². The fourth-order valence-electron chi connectivity index (χ4n) is 2.72. The smallest absolute Gasteiger partial charge is 0.325 e. The van der Waals surface area contributed by atoms with Gasteiger partial charge in [0.15, 0.2) is 0 Å². The van der Waals surface area contributed by atoms with Crippen LogP contribution in [0.3, 0.4) is 0 Å². The third-order valence-electron chi connectivity index (χ3n) is 4.05. The highest BCUT2D eigenvalue weighted by atomic mass is 35.5. The second-order valence-electron chi connectivity index (χ2n) is 5.65. The van der Waals surface area contributed by atoms with Crippen molar-refractivity contribution in [2.24, 2.45) is 0 Å². The van der Waals surface area contributed by atoms with E-state index < -0.39 is 12.1 Å². The molecule has 0 aliphatic carbocycles. The normalized spacial score (nSPS) is 17.2. The average Bonchev–Trinajstić information content (AvgIpc) is 2.84. The summed E-state index contributed by atoms with van der Waals surface area (Å²) in [5.74, 6) is -0.244. The van der Waals surface area contributed by atoms with Crippen molar-refractivity contribution in [3.8, 4) is 0 Å². The molecule has 2 aromatic carbocycles. The molecule has 0 unspecified atom stereocenters. The largest absolute Gasteiger partial charge is 0.326 e. The SMILES string of the molecule is O=C1N[C@@H](CCc2ccccc2)C(=O)N1Cc1c(Cl)cccc1Cl. The Bertz CT molecular complexity index is 745. The molecule has 1 atom stereocenters. The molecular formula is C18H16Cl2N2O2. The fraction of sp³-hybridized carbons (Fsp3) is 0.222. The standard InChI is InChI=1S/C18H16Cl2N2O2/c19-14-7-4-8-15(20)13(14)11-22-17(23)16(21-18(22)24)10-9-12-5-2-1-3-6-12/h1-8,16H,9-11H2,(H,21,24)/t16-/m0/s1. The first-order valence-corrected chi connectivity index (χ1v) is 8.40. The van der Waals surface area contributed by atoms with Crippen LogP contribution in [0.2, 0.25) is 10.0 Å². The second-order valence-corrected chi connectivity index (χ2v) is 6.47. The Morgan fingerprint density at radius 3 is 2.29 bits per heavy atom. The molecule has 2 aromatic rings. The van der Waals surface area contributed by atoms with Gasteiger partial charge in [-0.2, -0.15) is 0 Å². The van der Waals surface area contributed by atoms with Gasteiger partial charge in [-0.3, -0.25) is 9.69 Å². The molecule has 1 heterocycles. The summed E-state index contributed by atoms with van der Waals surface area (Å²) in [6.45, 7) is 0.0744. The number of amides is 3. The third-order valence-corrected chi connectivity index (χ3v) is 4.76. The van der Waals surface area contributed by atoms with E-state index in [2.05, 4.69) is 5.32 Å². The molecule has 3 amide bonds. The molecule has 0 bridgehead atoms. The fourth-order valence-corrected chi connectivity index (χ4v) is 3.24. The average molecular weight is 363 g/mol. The quantitative estimate of drug-likeness (QED) is 0.815. The van der Waals surface area contributed by atoms with Crippen LogP contribution >= 0.6 is 23.2 Å². The van der Waals surface area contributed by atoms with E-state index in [1.165, 1.54) is 4.90 Å². The van der Waals surface area contributed by atoms with Crippen LogP contribution in [0.1, 0.15) is 17.5 Å². The number of benzene rings is 2. The lowest BCUT2D eigenvalue weighted by Gasteiger charge is -2.15. The molecule has 1 saturated heterocycles. The second kappa shape index (κ2) is 7.24. The summed E-state index contributed by atoms with van der Waals surface area (Å²) in [7, 11) is 0. The number of rotatable bonds is 5. The molecule has 4 nitrogen and oxygen atoms in total. The van der Waals surface area contributed by atoms with Gasteiger partial charge < -0.3 is 5.32 Å². The lowest BCUT2D eigenvalue weighted by Crippen LogP contribution is -2.31. The number of aryl methyl sites for hydroxylation is 1. The van der Waals surface area contributed by atoms with Crippen LogP contribution < -0.4 is 5.32 Å². The predicted octanol–water partition coefficient (Wildman–Crippen LogP) is 4.05. The first-order valence-electron chi connectivity index (χ1n) is 7.65. The number of carbonyl (C=O) groups excluding carboxylic acids is 2. The van der Waals surface area contributed by atoms with Gasteiger partial charge in [0.05, 0.1) is 6.54 Å². The molecule has 0 aromatic heterocycles. The predicted molar refractivity (Wildman–Crippen MR) is 94.1 cm³/mol. The van der Waals surface area contributed by atoms with Crippen molar-refractivity contribution < 1.29 is 9.59 Å². The highest BCUT2D eigenvalue weighted by molar-refractivity contribution is 6.36. The van der Waals surface area contributed by atoms with Crippen molar-refractivity contribution in [3.05, 3.63) is 69.7 Å². The maximum absolute atomic E-state index is 12.5. The van der Waals surface area contributed by atoms with E-state index in [4.69, 9.17) is 23.2 Å². The Kier molecular flexibility index (Phi) is 5.07. The Morgan fingerprint density at radius 1 is 0.958 bits per heavy atom. The van der Waals surface area contributed by atoms with Gasteiger partial charge in [-0.1, -0.05) is 59.6 Å². The van der Waals surface area contributed by atoms with Gasteiger partial charge in [0, 0.05) is 15.6 Å². The van der Waals surface area contributed by atoms with Crippen molar-refractivity contribution in [3.63, 3.8) is 0 Å². The number of urea groups is 1. The van der Waals surface area contributed by atoms with Gasteiger partial charge in [0.2, 0.25) is 0 Å². The van der Waals surface area contributed by atoms with Crippen LogP contribution in [0.4, 0.5) is 4.79 Å². The highest BCUT2D eigenvalue weighted by Crippen LogP contribution is 2.27. The van der Waals surface area contributed by atoms with Gasteiger partial charge in [0.25, 0.3) is 5.91 Å². The monoisotopic (exact) mass is 362 g/mol. The number of imide groups is 1. The Hall–Kier alpha value is -2.04. The van der Waals surface area contributed by atoms with Crippen molar-refractivity contribution in [2.75, 3.05) is 0 Å². The minimum absolute atomic E-state index is 0.0744. The number of nitrogens with zero attached hydrogens (tertiary/aromatic N) is 1. The summed E-state index contributed by atoms with van der Waals surface area (Å²) in [6, 6.07) is 14.0. The summed E-state index contributed by atoms with van der Waals surface area (Å²) >= 11 is 12.3. The minimum Gasteiger partial charge on any atom is -0.326 e. The molecule has 0 saturated carbocycles. The third kappa shape index (κ3) is 3.55. The van der Waals surface area contributed by atoms with Crippen molar-refractivity contribution in [1.29, 1.82) is 0 Å². The molecule has 1 fully saturated rings. The zero-order chi connectivity index (χ0) is 17.1.